The van der Waals surface area contributed by atoms with E-state index in [1.165, 1.54) is 18.3 Å². The fourth-order valence-electron chi connectivity index (χ4n) is 1.49. The van der Waals surface area contributed by atoms with Gasteiger partial charge in [0.2, 0.25) is 0 Å². The highest BCUT2D eigenvalue weighted by Crippen LogP contribution is 2.34. The first kappa shape index (κ1) is 14.3. The van der Waals surface area contributed by atoms with E-state index in [2.05, 4.69) is 26.2 Å². The van der Waals surface area contributed by atoms with Gasteiger partial charge in [0.05, 0.1) is 23.1 Å². The third kappa shape index (κ3) is 3.27. The maximum absolute atomic E-state index is 12.6. The van der Waals surface area contributed by atoms with Crippen molar-refractivity contribution in [2.24, 2.45) is 0 Å². The second-order valence-corrected chi connectivity index (χ2v) is 4.72. The van der Waals surface area contributed by atoms with Gasteiger partial charge >= 0.3 is 6.18 Å². The van der Waals surface area contributed by atoms with E-state index in [1.807, 2.05) is 6.07 Å². The van der Waals surface area contributed by atoms with Crippen molar-refractivity contribution in [1.29, 1.82) is 5.26 Å². The molecule has 0 bridgehead atoms. The predicted octanol–water partition coefficient (Wildman–Crippen LogP) is 4.48. The van der Waals surface area contributed by atoms with Gasteiger partial charge in [-0.05, 0) is 46.3 Å². The van der Waals surface area contributed by atoms with Crippen LogP contribution in [-0.2, 0) is 6.18 Å². The molecule has 2 aromatic rings. The van der Waals surface area contributed by atoms with Gasteiger partial charge in [-0.15, -0.1) is 0 Å². The third-order valence-electron chi connectivity index (χ3n) is 2.45. The first-order valence-corrected chi connectivity index (χ1v) is 6.19. The van der Waals surface area contributed by atoms with Crippen molar-refractivity contribution in [3.05, 3.63) is 52.3 Å². The van der Waals surface area contributed by atoms with E-state index < -0.39 is 11.7 Å². The molecule has 0 aliphatic rings. The van der Waals surface area contributed by atoms with Gasteiger partial charge in [0, 0.05) is 4.47 Å². The average Bonchev–Trinajstić information content (AvgIpc) is 2.41. The minimum Gasteiger partial charge on any atom is -0.353 e. The summed E-state index contributed by atoms with van der Waals surface area (Å²) in [6.45, 7) is 0. The number of alkyl halides is 3. The topological polar surface area (TPSA) is 48.7 Å². The Morgan fingerprint density at radius 3 is 2.50 bits per heavy atom. The van der Waals surface area contributed by atoms with Crippen molar-refractivity contribution in [3.8, 4) is 6.07 Å². The molecule has 0 aliphatic carbocycles. The summed E-state index contributed by atoms with van der Waals surface area (Å²) in [4.78, 5) is 3.83. The van der Waals surface area contributed by atoms with Crippen molar-refractivity contribution >= 4 is 27.3 Å². The number of nitrogens with one attached hydrogen (secondary N) is 1. The van der Waals surface area contributed by atoms with Crippen LogP contribution < -0.4 is 5.32 Å². The molecule has 0 saturated carbocycles. The number of nitriles is 1. The summed E-state index contributed by atoms with van der Waals surface area (Å²) >= 11 is 3.18. The number of pyridine rings is 1. The Morgan fingerprint density at radius 2 is 1.95 bits per heavy atom. The summed E-state index contributed by atoms with van der Waals surface area (Å²) in [6.07, 6.45) is -3.02. The average molecular weight is 342 g/mol. The maximum Gasteiger partial charge on any atom is 0.416 e. The van der Waals surface area contributed by atoms with Crippen LogP contribution in [0.2, 0.25) is 0 Å². The SMILES string of the molecule is N#Cc1ccc(Nc2cc(C(F)(F)F)ccc2Br)cn1. The molecule has 1 heterocycles. The van der Waals surface area contributed by atoms with Crippen LogP contribution in [0.5, 0.6) is 0 Å². The van der Waals surface area contributed by atoms with Crippen LogP contribution in [0.3, 0.4) is 0 Å². The molecule has 0 saturated heterocycles. The van der Waals surface area contributed by atoms with Gasteiger partial charge in [-0.1, -0.05) is 0 Å². The highest BCUT2D eigenvalue weighted by Gasteiger charge is 2.30. The molecule has 0 amide bonds. The minimum absolute atomic E-state index is 0.235. The van der Waals surface area contributed by atoms with Gasteiger partial charge in [-0.25, -0.2) is 4.98 Å². The molecule has 0 atom stereocenters. The van der Waals surface area contributed by atoms with Crippen molar-refractivity contribution in [3.63, 3.8) is 0 Å². The lowest BCUT2D eigenvalue weighted by molar-refractivity contribution is -0.137. The lowest BCUT2D eigenvalue weighted by Gasteiger charge is -2.12. The van der Waals surface area contributed by atoms with Gasteiger partial charge < -0.3 is 5.32 Å². The smallest absolute Gasteiger partial charge is 0.353 e. The summed E-state index contributed by atoms with van der Waals surface area (Å²) in [5.74, 6) is 0. The number of nitrogens with zero attached hydrogens (tertiary/aromatic N) is 2. The molecule has 0 fully saturated rings. The summed E-state index contributed by atoms with van der Waals surface area (Å²) in [5.41, 5.74) is 0.249. The molecule has 102 valence electrons. The zero-order chi connectivity index (χ0) is 14.8. The third-order valence-corrected chi connectivity index (χ3v) is 3.14. The minimum atomic E-state index is -4.40. The van der Waals surface area contributed by atoms with Crippen LogP contribution >= 0.6 is 15.9 Å². The van der Waals surface area contributed by atoms with Crippen molar-refractivity contribution in [2.75, 3.05) is 5.32 Å². The molecule has 0 unspecified atom stereocenters. The number of hydrogen-bond acceptors (Lipinski definition) is 3. The van der Waals surface area contributed by atoms with Gasteiger partial charge in [0.15, 0.2) is 0 Å². The quantitative estimate of drug-likeness (QED) is 0.876. The monoisotopic (exact) mass is 341 g/mol. The molecule has 20 heavy (non-hydrogen) atoms. The Kier molecular flexibility index (Phi) is 3.95. The molecular weight excluding hydrogens is 335 g/mol. The molecule has 1 aromatic carbocycles. The Morgan fingerprint density at radius 1 is 1.20 bits per heavy atom. The number of anilines is 2. The first-order valence-electron chi connectivity index (χ1n) is 5.40. The Bertz CT molecular complexity index is 660. The van der Waals surface area contributed by atoms with Crippen molar-refractivity contribution in [2.45, 2.75) is 6.18 Å². The highest BCUT2D eigenvalue weighted by atomic mass is 79.9. The molecule has 0 spiro atoms. The van der Waals surface area contributed by atoms with Crippen LogP contribution in [0, 0.1) is 11.3 Å². The van der Waals surface area contributed by atoms with E-state index in [0.29, 0.717) is 10.2 Å². The molecular formula is C13H7BrF3N3. The van der Waals surface area contributed by atoms with Crippen molar-refractivity contribution < 1.29 is 13.2 Å². The maximum atomic E-state index is 12.6. The van der Waals surface area contributed by atoms with E-state index in [0.717, 1.165) is 12.1 Å². The van der Waals surface area contributed by atoms with Crippen LogP contribution in [0.4, 0.5) is 24.5 Å². The van der Waals surface area contributed by atoms with Gasteiger partial charge in [0.25, 0.3) is 0 Å². The van der Waals surface area contributed by atoms with E-state index >= 15 is 0 Å². The largest absolute Gasteiger partial charge is 0.416 e. The second-order valence-electron chi connectivity index (χ2n) is 3.86. The summed E-state index contributed by atoms with van der Waals surface area (Å²) in [5, 5.41) is 11.4. The second kappa shape index (κ2) is 5.51. The summed E-state index contributed by atoms with van der Waals surface area (Å²) in [7, 11) is 0. The number of aromatic nitrogens is 1. The Labute approximate surface area is 121 Å². The zero-order valence-electron chi connectivity index (χ0n) is 9.87. The van der Waals surface area contributed by atoms with Gasteiger partial charge in [-0.3, -0.25) is 0 Å². The molecule has 3 nitrogen and oxygen atoms in total. The van der Waals surface area contributed by atoms with E-state index in [-0.39, 0.29) is 11.4 Å². The summed E-state index contributed by atoms with van der Waals surface area (Å²) < 4.78 is 38.4. The van der Waals surface area contributed by atoms with Crippen molar-refractivity contribution in [1.82, 2.24) is 4.98 Å². The Balaban J connectivity index is 2.30. The zero-order valence-corrected chi connectivity index (χ0v) is 11.5. The van der Waals surface area contributed by atoms with Gasteiger partial charge in [-0.2, -0.15) is 18.4 Å². The van der Waals surface area contributed by atoms with Gasteiger partial charge in [0.1, 0.15) is 11.8 Å². The standard InChI is InChI=1S/C13H7BrF3N3/c14-11-4-1-8(13(15,16)17)5-12(11)20-10-3-2-9(6-18)19-7-10/h1-5,7,20H. The van der Waals surface area contributed by atoms with E-state index in [9.17, 15) is 13.2 Å². The fourth-order valence-corrected chi connectivity index (χ4v) is 1.83. The number of hydrogen-bond donors (Lipinski definition) is 1. The predicted molar refractivity (Wildman–Crippen MR) is 71.4 cm³/mol. The number of rotatable bonds is 2. The normalized spacial score (nSPS) is 10.9. The lowest BCUT2D eigenvalue weighted by atomic mass is 10.2. The van der Waals surface area contributed by atoms with E-state index in [1.54, 1.807) is 6.07 Å². The fraction of sp³-hybridized carbons (Fsp3) is 0.0769. The highest BCUT2D eigenvalue weighted by molar-refractivity contribution is 9.10. The summed E-state index contributed by atoms with van der Waals surface area (Å²) in [6, 6.07) is 8.22. The molecule has 1 N–H and O–H groups in total. The molecule has 0 radical (unpaired) electrons. The molecule has 0 aliphatic heterocycles. The van der Waals surface area contributed by atoms with Crippen LogP contribution in [0.1, 0.15) is 11.3 Å². The lowest BCUT2D eigenvalue weighted by Crippen LogP contribution is -2.05. The molecule has 7 heteroatoms. The number of benzene rings is 1. The van der Waals surface area contributed by atoms with Crippen LogP contribution in [0.15, 0.2) is 41.0 Å². The van der Waals surface area contributed by atoms with E-state index in [4.69, 9.17) is 5.26 Å². The molecule has 2 rings (SSSR count). The Hall–Kier alpha value is -2.07. The number of halogens is 4. The van der Waals surface area contributed by atoms with Crippen LogP contribution in [0.25, 0.3) is 0 Å². The molecule has 1 aromatic heterocycles. The van der Waals surface area contributed by atoms with Crippen LogP contribution in [-0.4, -0.2) is 4.98 Å². The first-order chi connectivity index (χ1) is 9.40.